The van der Waals surface area contributed by atoms with Crippen molar-refractivity contribution < 1.29 is 0 Å². The molecule has 0 heterocycles. The van der Waals surface area contributed by atoms with Crippen molar-refractivity contribution >= 4 is 0 Å². The smallest absolute Gasteiger partial charge is 0.0153 e. The van der Waals surface area contributed by atoms with E-state index in [0.29, 0.717) is 11.0 Å². The van der Waals surface area contributed by atoms with Crippen molar-refractivity contribution in [3.05, 3.63) is 0 Å². The van der Waals surface area contributed by atoms with E-state index in [1.54, 1.807) is 0 Å². The fraction of sp³-hybridized carbons (Fsp3) is 1.00. The predicted molar refractivity (Wildman–Crippen MR) is 84.4 cm³/mol. The summed E-state index contributed by atoms with van der Waals surface area (Å²) >= 11 is 0. The van der Waals surface area contributed by atoms with E-state index in [2.05, 4.69) is 33.0 Å². The molecule has 1 heteroatoms. The summed E-state index contributed by atoms with van der Waals surface area (Å²) in [7, 11) is 0. The molecule has 2 aliphatic rings. The van der Waals surface area contributed by atoms with Gasteiger partial charge in [-0.2, -0.15) is 0 Å². The summed E-state index contributed by atoms with van der Waals surface area (Å²) in [6.45, 7) is 11.0. The first-order valence-corrected chi connectivity index (χ1v) is 8.64. The normalized spacial score (nSPS) is 32.2. The molecule has 0 aromatic carbocycles. The fourth-order valence-corrected chi connectivity index (χ4v) is 4.13. The standard InChI is InChI=1S/C18H35N/c1-17(2,3)16-10-8-15(9-11-16)14-19-18(4)12-6-5-7-13-18/h15-16,19H,5-14H2,1-4H3. The average Bonchev–Trinajstić information content (AvgIpc) is 2.37. The molecule has 2 fully saturated rings. The van der Waals surface area contributed by atoms with Crippen LogP contribution in [0.2, 0.25) is 0 Å². The van der Waals surface area contributed by atoms with Gasteiger partial charge in [0, 0.05) is 5.54 Å². The van der Waals surface area contributed by atoms with Crippen LogP contribution in [0.1, 0.15) is 85.5 Å². The molecule has 112 valence electrons. The van der Waals surface area contributed by atoms with Crippen LogP contribution in [-0.2, 0) is 0 Å². The Morgan fingerprint density at radius 2 is 1.53 bits per heavy atom. The van der Waals surface area contributed by atoms with Crippen molar-refractivity contribution in [2.75, 3.05) is 6.54 Å². The Bertz CT molecular complexity index is 262. The lowest BCUT2D eigenvalue weighted by Crippen LogP contribution is -2.46. The SMILES string of the molecule is CC1(NCC2CCC(C(C)(C)C)CC2)CCCCC1. The van der Waals surface area contributed by atoms with E-state index in [-0.39, 0.29) is 0 Å². The summed E-state index contributed by atoms with van der Waals surface area (Å²) in [5.74, 6) is 1.89. The summed E-state index contributed by atoms with van der Waals surface area (Å²) in [6, 6.07) is 0. The maximum absolute atomic E-state index is 3.92. The third-order valence-corrected chi connectivity index (χ3v) is 5.85. The Morgan fingerprint density at radius 1 is 0.947 bits per heavy atom. The highest BCUT2D eigenvalue weighted by Crippen LogP contribution is 2.40. The summed E-state index contributed by atoms with van der Waals surface area (Å²) in [4.78, 5) is 0. The number of nitrogens with one attached hydrogen (secondary N) is 1. The van der Waals surface area contributed by atoms with E-state index in [4.69, 9.17) is 0 Å². The van der Waals surface area contributed by atoms with Crippen LogP contribution in [-0.4, -0.2) is 12.1 Å². The van der Waals surface area contributed by atoms with E-state index in [1.165, 1.54) is 64.3 Å². The molecule has 0 radical (unpaired) electrons. The second-order valence-corrected chi connectivity index (χ2v) is 8.59. The minimum Gasteiger partial charge on any atom is -0.311 e. The third kappa shape index (κ3) is 4.48. The zero-order valence-electron chi connectivity index (χ0n) is 13.7. The molecule has 0 aromatic rings. The molecule has 0 aromatic heterocycles. The maximum Gasteiger partial charge on any atom is 0.0153 e. The fourth-order valence-electron chi connectivity index (χ4n) is 4.13. The molecule has 1 nitrogen and oxygen atoms in total. The van der Waals surface area contributed by atoms with Crippen LogP contribution in [0, 0.1) is 17.3 Å². The molecule has 0 spiro atoms. The molecule has 0 unspecified atom stereocenters. The molecule has 1 N–H and O–H groups in total. The van der Waals surface area contributed by atoms with Gasteiger partial charge in [-0.1, -0.05) is 40.0 Å². The topological polar surface area (TPSA) is 12.0 Å². The van der Waals surface area contributed by atoms with E-state index < -0.39 is 0 Å². The van der Waals surface area contributed by atoms with Crippen molar-refractivity contribution in [1.29, 1.82) is 0 Å². The van der Waals surface area contributed by atoms with Crippen molar-refractivity contribution in [3.63, 3.8) is 0 Å². The zero-order chi connectivity index (χ0) is 13.9. The first-order valence-electron chi connectivity index (χ1n) is 8.64. The summed E-state index contributed by atoms with van der Waals surface area (Å²) in [6.07, 6.45) is 12.9. The van der Waals surface area contributed by atoms with Crippen molar-refractivity contribution in [2.45, 2.75) is 91.0 Å². The van der Waals surface area contributed by atoms with Crippen LogP contribution in [0.4, 0.5) is 0 Å². The van der Waals surface area contributed by atoms with Gasteiger partial charge in [0.2, 0.25) is 0 Å². The number of hydrogen-bond donors (Lipinski definition) is 1. The van der Waals surface area contributed by atoms with Gasteiger partial charge in [-0.15, -0.1) is 0 Å². The molecule has 0 bridgehead atoms. The monoisotopic (exact) mass is 265 g/mol. The Labute approximate surface area is 120 Å². The molecule has 2 saturated carbocycles. The second-order valence-electron chi connectivity index (χ2n) is 8.59. The van der Waals surface area contributed by atoms with E-state index in [1.807, 2.05) is 0 Å². The molecule has 2 rings (SSSR count). The highest BCUT2D eigenvalue weighted by Gasteiger charge is 2.31. The lowest BCUT2D eigenvalue weighted by atomic mass is 9.69. The van der Waals surface area contributed by atoms with Gasteiger partial charge < -0.3 is 5.32 Å². The third-order valence-electron chi connectivity index (χ3n) is 5.85. The summed E-state index contributed by atoms with van der Waals surface area (Å²) in [5.41, 5.74) is 0.979. The van der Waals surface area contributed by atoms with Gasteiger partial charge in [0.25, 0.3) is 0 Å². The van der Waals surface area contributed by atoms with Gasteiger partial charge >= 0.3 is 0 Å². The summed E-state index contributed by atoms with van der Waals surface area (Å²) < 4.78 is 0. The molecular formula is C18H35N. The summed E-state index contributed by atoms with van der Waals surface area (Å²) in [5, 5.41) is 3.92. The van der Waals surface area contributed by atoms with Gasteiger partial charge in [-0.25, -0.2) is 0 Å². The number of rotatable bonds is 3. The van der Waals surface area contributed by atoms with E-state index >= 15 is 0 Å². The molecular weight excluding hydrogens is 230 g/mol. The quantitative estimate of drug-likeness (QED) is 0.744. The van der Waals surface area contributed by atoms with Crippen LogP contribution < -0.4 is 5.32 Å². The first kappa shape index (κ1) is 15.4. The van der Waals surface area contributed by atoms with Crippen LogP contribution in [0.3, 0.4) is 0 Å². The van der Waals surface area contributed by atoms with Crippen LogP contribution in [0.15, 0.2) is 0 Å². The molecule has 19 heavy (non-hydrogen) atoms. The van der Waals surface area contributed by atoms with Crippen LogP contribution in [0.25, 0.3) is 0 Å². The lowest BCUT2D eigenvalue weighted by molar-refractivity contribution is 0.140. The van der Waals surface area contributed by atoms with Crippen molar-refractivity contribution in [1.82, 2.24) is 5.32 Å². The molecule has 2 aliphatic carbocycles. The van der Waals surface area contributed by atoms with Crippen molar-refractivity contribution in [2.24, 2.45) is 17.3 Å². The van der Waals surface area contributed by atoms with Gasteiger partial charge in [-0.3, -0.25) is 0 Å². The molecule has 0 atom stereocenters. The Morgan fingerprint density at radius 3 is 2.05 bits per heavy atom. The largest absolute Gasteiger partial charge is 0.311 e. The highest BCUT2D eigenvalue weighted by molar-refractivity contribution is 4.88. The van der Waals surface area contributed by atoms with Crippen molar-refractivity contribution in [3.8, 4) is 0 Å². The minimum absolute atomic E-state index is 0.457. The minimum atomic E-state index is 0.457. The first-order chi connectivity index (χ1) is 8.89. The second kappa shape index (κ2) is 6.16. The Hall–Kier alpha value is -0.0400. The van der Waals surface area contributed by atoms with Gasteiger partial charge in [0.15, 0.2) is 0 Å². The van der Waals surface area contributed by atoms with E-state index in [9.17, 15) is 0 Å². The van der Waals surface area contributed by atoms with Crippen LogP contribution in [0.5, 0.6) is 0 Å². The Kier molecular flexibility index (Phi) is 4.98. The molecule has 0 saturated heterocycles. The highest BCUT2D eigenvalue weighted by atomic mass is 15.0. The van der Waals surface area contributed by atoms with Crippen LogP contribution >= 0.6 is 0 Å². The molecule has 0 aliphatic heterocycles. The van der Waals surface area contributed by atoms with E-state index in [0.717, 1.165) is 11.8 Å². The molecule has 0 amide bonds. The number of hydrogen-bond acceptors (Lipinski definition) is 1. The van der Waals surface area contributed by atoms with Gasteiger partial charge in [0.1, 0.15) is 0 Å². The van der Waals surface area contributed by atoms with Gasteiger partial charge in [-0.05, 0) is 69.2 Å². The predicted octanol–water partition coefficient (Wildman–Crippen LogP) is 5.15. The lowest BCUT2D eigenvalue weighted by Gasteiger charge is -2.40. The maximum atomic E-state index is 3.92. The van der Waals surface area contributed by atoms with Gasteiger partial charge in [0.05, 0.1) is 0 Å². The zero-order valence-corrected chi connectivity index (χ0v) is 13.7. The average molecular weight is 265 g/mol. The Balaban J connectivity index is 1.71.